The van der Waals surface area contributed by atoms with Crippen molar-refractivity contribution in [3.63, 3.8) is 0 Å². The van der Waals surface area contributed by atoms with Crippen LogP contribution in [0.1, 0.15) is 52.1 Å². The van der Waals surface area contributed by atoms with Gasteiger partial charge in [0.05, 0.1) is 0 Å². The Labute approximate surface area is 191 Å². The Morgan fingerprint density at radius 3 is 2.38 bits per heavy atom. The van der Waals surface area contributed by atoms with E-state index in [1.807, 2.05) is 6.92 Å². The number of carbonyl (C=O) groups is 1. The molecule has 2 heterocycles. The van der Waals surface area contributed by atoms with Crippen LogP contribution in [0.2, 0.25) is 0 Å². The first-order chi connectivity index (χ1) is 14.8. The Morgan fingerprint density at radius 1 is 1.22 bits per heavy atom. The van der Waals surface area contributed by atoms with Crippen LogP contribution in [0.5, 0.6) is 0 Å². The average molecular weight is 470 g/mol. The van der Waals surface area contributed by atoms with Gasteiger partial charge in [-0.15, -0.1) is 11.3 Å². The second kappa shape index (κ2) is 9.02. The molecule has 0 saturated carbocycles. The lowest BCUT2D eigenvalue weighted by Gasteiger charge is -2.48. The molecule has 1 aromatic carbocycles. The van der Waals surface area contributed by atoms with Gasteiger partial charge in [-0.25, -0.2) is 9.78 Å². The third kappa shape index (κ3) is 5.43. The average Bonchev–Trinajstić information content (AvgIpc) is 3.21. The maximum absolute atomic E-state index is 14.5. The minimum absolute atomic E-state index is 0.188. The molecule has 3 rings (SSSR count). The number of ether oxygens (including phenoxy) is 1. The van der Waals surface area contributed by atoms with E-state index in [0.29, 0.717) is 36.5 Å². The summed E-state index contributed by atoms with van der Waals surface area (Å²) in [6.07, 6.45) is -2.49. The van der Waals surface area contributed by atoms with Crippen LogP contribution < -0.4 is 0 Å². The summed E-state index contributed by atoms with van der Waals surface area (Å²) in [5.74, 6) is 0. The molecule has 32 heavy (non-hydrogen) atoms. The van der Waals surface area contributed by atoms with Crippen molar-refractivity contribution in [3.8, 4) is 10.6 Å². The van der Waals surface area contributed by atoms with E-state index >= 15 is 0 Å². The topological polar surface area (TPSA) is 45.7 Å². The van der Waals surface area contributed by atoms with E-state index in [4.69, 9.17) is 4.74 Å². The maximum Gasteiger partial charge on any atom is 0.410 e. The van der Waals surface area contributed by atoms with Crippen LogP contribution in [0.25, 0.3) is 10.6 Å². The number of amides is 1. The molecule has 9 heteroatoms. The molecular weight excluding hydrogens is 439 g/mol. The van der Waals surface area contributed by atoms with E-state index in [1.54, 1.807) is 55.4 Å². The fourth-order valence-corrected chi connectivity index (χ4v) is 4.74. The molecule has 1 unspecified atom stereocenters. The van der Waals surface area contributed by atoms with Gasteiger partial charge in [0.25, 0.3) is 0 Å². The fraction of sp³-hybridized carbons (Fsp3) is 0.565. The lowest BCUT2D eigenvalue weighted by Crippen LogP contribution is -2.56. The van der Waals surface area contributed by atoms with Gasteiger partial charge < -0.3 is 9.64 Å². The van der Waals surface area contributed by atoms with Crippen molar-refractivity contribution in [1.29, 1.82) is 0 Å². The van der Waals surface area contributed by atoms with Crippen molar-refractivity contribution >= 4 is 17.4 Å². The van der Waals surface area contributed by atoms with Crippen molar-refractivity contribution in [2.75, 3.05) is 20.1 Å². The number of halogens is 3. The van der Waals surface area contributed by atoms with Gasteiger partial charge in [-0.1, -0.05) is 24.3 Å². The largest absolute Gasteiger partial charge is 0.444 e. The SMILES string of the molecule is CN(C(c1ccccc1-c1nccs1)C(F)(F)F)C1(C)CCN(C(=O)OC(C)(C)C)CC1. The molecule has 1 saturated heterocycles. The van der Waals surface area contributed by atoms with Crippen LogP contribution in [0.15, 0.2) is 35.8 Å². The Morgan fingerprint density at radius 2 is 1.84 bits per heavy atom. The molecule has 5 nitrogen and oxygen atoms in total. The first kappa shape index (κ1) is 24.5. The normalized spacial score (nSPS) is 18.0. The zero-order valence-corrected chi connectivity index (χ0v) is 19.9. The predicted octanol–water partition coefficient (Wildman–Crippen LogP) is 6.13. The third-order valence-electron chi connectivity index (χ3n) is 5.96. The highest BCUT2D eigenvalue weighted by atomic mass is 32.1. The highest BCUT2D eigenvalue weighted by molar-refractivity contribution is 7.13. The van der Waals surface area contributed by atoms with Gasteiger partial charge >= 0.3 is 12.3 Å². The first-order valence-corrected chi connectivity index (χ1v) is 11.5. The standard InChI is InChI=1S/C23H30F3N3O2S/c1-21(2,3)31-20(30)29-13-10-22(4,11-14-29)28(5)18(23(24,25)26)16-8-6-7-9-17(16)19-27-12-15-32-19/h6-9,12,15,18H,10-11,13-14H2,1-5H3. The summed E-state index contributed by atoms with van der Waals surface area (Å²) < 4.78 is 48.8. The monoisotopic (exact) mass is 469 g/mol. The molecule has 1 aliphatic heterocycles. The maximum atomic E-state index is 14.5. The van der Waals surface area contributed by atoms with E-state index < -0.39 is 29.5 Å². The number of hydrogen-bond acceptors (Lipinski definition) is 5. The van der Waals surface area contributed by atoms with E-state index in [2.05, 4.69) is 4.98 Å². The van der Waals surface area contributed by atoms with Gasteiger partial charge in [0, 0.05) is 35.8 Å². The molecule has 0 radical (unpaired) electrons. The zero-order chi connectivity index (χ0) is 23.7. The number of benzene rings is 1. The van der Waals surface area contributed by atoms with Crippen molar-refractivity contribution in [3.05, 3.63) is 41.4 Å². The van der Waals surface area contributed by atoms with Crippen LogP contribution in [0, 0.1) is 0 Å². The van der Waals surface area contributed by atoms with Crippen LogP contribution in [0.3, 0.4) is 0 Å². The van der Waals surface area contributed by atoms with E-state index in [0.717, 1.165) is 0 Å². The van der Waals surface area contributed by atoms with E-state index in [1.165, 1.54) is 29.4 Å². The number of alkyl halides is 3. The number of hydrogen-bond donors (Lipinski definition) is 0. The summed E-state index contributed by atoms with van der Waals surface area (Å²) in [5.41, 5.74) is -0.677. The molecular formula is C23H30F3N3O2S. The fourth-order valence-electron chi connectivity index (χ4n) is 4.05. The summed E-state index contributed by atoms with van der Waals surface area (Å²) in [7, 11) is 1.53. The predicted molar refractivity (Wildman–Crippen MR) is 120 cm³/mol. The summed E-state index contributed by atoms with van der Waals surface area (Å²) in [5, 5.41) is 2.32. The van der Waals surface area contributed by atoms with Crippen molar-refractivity contribution in [2.45, 2.75) is 63.9 Å². The minimum Gasteiger partial charge on any atom is -0.444 e. The molecule has 0 spiro atoms. The van der Waals surface area contributed by atoms with E-state index in [-0.39, 0.29) is 5.56 Å². The summed E-state index contributed by atoms with van der Waals surface area (Å²) in [6.45, 7) is 7.90. The number of piperidine rings is 1. The number of nitrogens with zero attached hydrogens (tertiary/aromatic N) is 3. The minimum atomic E-state index is -4.48. The van der Waals surface area contributed by atoms with Crippen LogP contribution in [-0.2, 0) is 4.74 Å². The van der Waals surface area contributed by atoms with Crippen molar-refractivity contribution in [1.82, 2.24) is 14.8 Å². The molecule has 1 fully saturated rings. The Hall–Kier alpha value is -2.13. The molecule has 176 valence electrons. The zero-order valence-electron chi connectivity index (χ0n) is 19.1. The van der Waals surface area contributed by atoms with Gasteiger partial charge in [0.2, 0.25) is 0 Å². The Bertz CT molecular complexity index is 917. The molecule has 0 N–H and O–H groups in total. The summed E-state index contributed by atoms with van der Waals surface area (Å²) in [6, 6.07) is 4.79. The highest BCUT2D eigenvalue weighted by Gasteiger charge is 2.50. The lowest BCUT2D eigenvalue weighted by atomic mass is 9.85. The molecule has 1 amide bonds. The number of rotatable bonds is 4. The number of carbonyl (C=O) groups excluding carboxylic acids is 1. The van der Waals surface area contributed by atoms with Gasteiger partial charge in [-0.05, 0) is 53.1 Å². The molecule has 1 atom stereocenters. The van der Waals surface area contributed by atoms with Crippen LogP contribution in [0.4, 0.5) is 18.0 Å². The van der Waals surface area contributed by atoms with Crippen molar-refractivity contribution < 1.29 is 22.7 Å². The van der Waals surface area contributed by atoms with Gasteiger partial charge in [0.1, 0.15) is 16.7 Å². The van der Waals surface area contributed by atoms with Crippen LogP contribution >= 0.6 is 11.3 Å². The molecule has 0 bridgehead atoms. The molecule has 1 aromatic heterocycles. The number of likely N-dealkylation sites (tertiary alicyclic amines) is 1. The smallest absolute Gasteiger partial charge is 0.410 e. The number of thiazole rings is 1. The second-order valence-corrected chi connectivity index (χ2v) is 10.3. The molecule has 0 aliphatic carbocycles. The molecule has 1 aliphatic rings. The Balaban J connectivity index is 1.86. The van der Waals surface area contributed by atoms with E-state index in [9.17, 15) is 18.0 Å². The van der Waals surface area contributed by atoms with Gasteiger partial charge in [-0.2, -0.15) is 13.2 Å². The third-order valence-corrected chi connectivity index (χ3v) is 6.77. The van der Waals surface area contributed by atoms with Gasteiger partial charge in [-0.3, -0.25) is 4.90 Å². The summed E-state index contributed by atoms with van der Waals surface area (Å²) in [4.78, 5) is 19.6. The van der Waals surface area contributed by atoms with Gasteiger partial charge in [0.15, 0.2) is 0 Å². The number of aromatic nitrogens is 1. The van der Waals surface area contributed by atoms with Crippen LogP contribution in [-0.4, -0.2) is 58.3 Å². The summed E-state index contributed by atoms with van der Waals surface area (Å²) >= 11 is 1.32. The molecule has 2 aromatic rings. The first-order valence-electron chi connectivity index (χ1n) is 10.6. The second-order valence-electron chi connectivity index (χ2n) is 9.44. The lowest BCUT2D eigenvalue weighted by molar-refractivity contribution is -0.199. The van der Waals surface area contributed by atoms with Crippen molar-refractivity contribution in [2.24, 2.45) is 0 Å². The quantitative estimate of drug-likeness (QED) is 0.540. The Kier molecular flexibility index (Phi) is 6.91. The highest BCUT2D eigenvalue weighted by Crippen LogP contribution is 2.46.